The number of halogens is 1. The van der Waals surface area contributed by atoms with Gasteiger partial charge in [0.15, 0.2) is 11.6 Å². The Morgan fingerprint density at radius 3 is 2.44 bits per heavy atom. The number of likely N-dealkylation sites (N-methyl/N-ethyl adjacent to an activating group) is 1. The van der Waals surface area contributed by atoms with Crippen molar-refractivity contribution < 1.29 is 44.2 Å². The standard InChI is InChI=1S/C32H34FN3O8S/c1-36(15-24(39)29(41)30(42)25(40)16-37)32(43)19-5-6-22(35-14-19)28-13-23-31(45-28)27(8-9-34-23)44-26-7-4-18(12-21(26)33)11-20(38)10-17-2-3-17/h4-9,12-14,17,24-25,29-30,37,39-42H,2-3,10-11,15-16H2,1H3/t24-,25+,29+,30+/m1/s1. The van der Waals surface area contributed by atoms with Gasteiger partial charge in [-0.05, 0) is 54.7 Å². The molecule has 11 nitrogen and oxygen atoms in total. The zero-order valence-electron chi connectivity index (χ0n) is 24.4. The molecule has 45 heavy (non-hydrogen) atoms. The molecule has 3 heterocycles. The van der Waals surface area contributed by atoms with Crippen LogP contribution in [-0.2, 0) is 11.2 Å². The summed E-state index contributed by atoms with van der Waals surface area (Å²) in [7, 11) is 1.39. The van der Waals surface area contributed by atoms with E-state index in [1.807, 2.05) is 0 Å². The summed E-state index contributed by atoms with van der Waals surface area (Å²) >= 11 is 1.33. The predicted molar refractivity (Wildman–Crippen MR) is 163 cm³/mol. The van der Waals surface area contributed by atoms with Gasteiger partial charge in [0.25, 0.3) is 5.91 Å². The number of benzene rings is 1. The summed E-state index contributed by atoms with van der Waals surface area (Å²) in [6, 6.07) is 11.2. The van der Waals surface area contributed by atoms with Crippen LogP contribution < -0.4 is 4.74 Å². The van der Waals surface area contributed by atoms with Gasteiger partial charge in [0, 0.05) is 44.9 Å². The van der Waals surface area contributed by atoms with Crippen LogP contribution in [0.5, 0.6) is 11.5 Å². The van der Waals surface area contributed by atoms with Crippen molar-refractivity contribution >= 4 is 33.2 Å². The minimum atomic E-state index is -1.80. The summed E-state index contributed by atoms with van der Waals surface area (Å²) < 4.78 is 21.5. The van der Waals surface area contributed by atoms with Crippen molar-refractivity contribution in [3.63, 3.8) is 0 Å². The number of thiophene rings is 1. The molecule has 0 saturated heterocycles. The number of amides is 1. The lowest BCUT2D eigenvalue weighted by Gasteiger charge is -2.28. The molecule has 1 aliphatic carbocycles. The third-order valence-electron chi connectivity index (χ3n) is 7.60. The summed E-state index contributed by atoms with van der Waals surface area (Å²) in [5.74, 6) is -0.0592. The normalized spacial score (nSPS) is 15.8. The second-order valence-electron chi connectivity index (χ2n) is 11.3. The molecule has 1 amide bonds. The Balaban J connectivity index is 1.25. The summed E-state index contributed by atoms with van der Waals surface area (Å²) in [6.45, 7) is -1.16. The Bertz CT molecular complexity index is 1660. The van der Waals surface area contributed by atoms with Crippen LogP contribution in [0.3, 0.4) is 0 Å². The van der Waals surface area contributed by atoms with Gasteiger partial charge in [0.1, 0.15) is 35.9 Å². The van der Waals surface area contributed by atoms with E-state index < -0.39 is 42.7 Å². The van der Waals surface area contributed by atoms with Gasteiger partial charge in [-0.1, -0.05) is 6.07 Å². The highest BCUT2D eigenvalue weighted by atomic mass is 32.1. The molecule has 1 fully saturated rings. The summed E-state index contributed by atoms with van der Waals surface area (Å²) in [5.41, 5.74) is 1.97. The van der Waals surface area contributed by atoms with Crippen LogP contribution >= 0.6 is 11.3 Å². The van der Waals surface area contributed by atoms with Crippen molar-refractivity contribution in [2.24, 2.45) is 5.92 Å². The van der Waals surface area contributed by atoms with Gasteiger partial charge in [-0.3, -0.25) is 19.6 Å². The van der Waals surface area contributed by atoms with Crippen molar-refractivity contribution in [1.29, 1.82) is 0 Å². The van der Waals surface area contributed by atoms with E-state index >= 15 is 0 Å². The van der Waals surface area contributed by atoms with E-state index in [1.54, 1.807) is 36.5 Å². The number of carbonyl (C=O) groups excluding carboxylic acids is 2. The molecule has 5 N–H and O–H groups in total. The number of hydrogen-bond donors (Lipinski definition) is 5. The molecule has 4 atom stereocenters. The van der Waals surface area contributed by atoms with E-state index in [-0.39, 0.29) is 30.1 Å². The van der Waals surface area contributed by atoms with E-state index in [2.05, 4.69) is 9.97 Å². The Kier molecular flexibility index (Phi) is 10.2. The van der Waals surface area contributed by atoms with E-state index in [0.29, 0.717) is 39.6 Å². The highest BCUT2D eigenvalue weighted by molar-refractivity contribution is 7.22. The number of aromatic nitrogens is 2. The number of aliphatic hydroxyl groups excluding tert-OH is 5. The predicted octanol–water partition coefficient (Wildman–Crippen LogP) is 2.71. The Morgan fingerprint density at radius 1 is 1.02 bits per heavy atom. The number of fused-ring (bicyclic) bond motifs is 1. The number of pyridine rings is 2. The van der Waals surface area contributed by atoms with Gasteiger partial charge in [-0.25, -0.2) is 4.39 Å². The number of ether oxygens (including phenoxy) is 1. The lowest BCUT2D eigenvalue weighted by molar-refractivity contribution is -0.118. The SMILES string of the molecule is CN(C[C@@H](O)[C@H](O)[C@@H](O)[C@@H](O)CO)C(=O)c1ccc(-c2cc3nccc(Oc4ccc(CC(=O)CC5CC5)cc4F)c3s2)nc1. The molecule has 1 aliphatic rings. The molecule has 238 valence electrons. The number of carbonyl (C=O) groups is 2. The first kappa shape index (κ1) is 32.5. The van der Waals surface area contributed by atoms with Crippen molar-refractivity contribution in [1.82, 2.24) is 14.9 Å². The fourth-order valence-corrected chi connectivity index (χ4v) is 5.88. The molecule has 0 bridgehead atoms. The summed E-state index contributed by atoms with van der Waals surface area (Å²) in [6.07, 6.45) is -0.994. The Morgan fingerprint density at radius 2 is 1.78 bits per heavy atom. The second kappa shape index (κ2) is 14.1. The highest BCUT2D eigenvalue weighted by Crippen LogP contribution is 2.39. The molecule has 1 aromatic carbocycles. The minimum Gasteiger partial charge on any atom is -0.453 e. The number of aliphatic hydroxyl groups is 5. The molecule has 4 aromatic rings. The van der Waals surface area contributed by atoms with Crippen molar-refractivity contribution in [3.8, 4) is 22.1 Å². The van der Waals surface area contributed by atoms with E-state index in [0.717, 1.165) is 22.6 Å². The average molecular weight is 640 g/mol. The first-order valence-corrected chi connectivity index (χ1v) is 15.3. The van der Waals surface area contributed by atoms with Gasteiger partial charge in [-0.15, -0.1) is 11.3 Å². The summed E-state index contributed by atoms with van der Waals surface area (Å²) in [4.78, 5) is 35.7. The average Bonchev–Trinajstić information content (AvgIpc) is 3.73. The lowest BCUT2D eigenvalue weighted by Crippen LogP contribution is -2.49. The Hall–Kier alpha value is -3.85. The lowest BCUT2D eigenvalue weighted by atomic mass is 10.0. The zero-order valence-corrected chi connectivity index (χ0v) is 25.2. The fraction of sp³-hybridized carbons (Fsp3) is 0.375. The van der Waals surface area contributed by atoms with Crippen molar-refractivity contribution in [3.05, 3.63) is 71.8 Å². The van der Waals surface area contributed by atoms with E-state index in [1.165, 1.54) is 36.7 Å². The summed E-state index contributed by atoms with van der Waals surface area (Å²) in [5, 5.41) is 48.5. The topological polar surface area (TPSA) is 174 Å². The third-order valence-corrected chi connectivity index (χ3v) is 8.76. The molecule has 0 radical (unpaired) electrons. The van der Waals surface area contributed by atoms with Crippen LogP contribution in [-0.4, -0.2) is 96.7 Å². The molecule has 1 saturated carbocycles. The number of nitrogens with zero attached hydrogens (tertiary/aromatic N) is 3. The number of hydrogen-bond acceptors (Lipinski definition) is 11. The zero-order chi connectivity index (χ0) is 32.2. The van der Waals surface area contributed by atoms with Crippen LogP contribution in [0.25, 0.3) is 20.8 Å². The van der Waals surface area contributed by atoms with E-state index in [9.17, 15) is 34.4 Å². The fourth-order valence-electron chi connectivity index (χ4n) is 4.84. The second-order valence-corrected chi connectivity index (χ2v) is 12.3. The van der Waals surface area contributed by atoms with Crippen LogP contribution in [0.1, 0.15) is 35.2 Å². The first-order valence-electron chi connectivity index (χ1n) is 14.5. The maximum atomic E-state index is 14.9. The minimum absolute atomic E-state index is 0.0256. The highest BCUT2D eigenvalue weighted by Gasteiger charge is 2.31. The number of rotatable bonds is 14. The molecule has 0 spiro atoms. The maximum absolute atomic E-state index is 14.9. The van der Waals surface area contributed by atoms with Gasteiger partial charge < -0.3 is 35.2 Å². The number of ketones is 1. The molecular weight excluding hydrogens is 605 g/mol. The largest absolute Gasteiger partial charge is 0.453 e. The van der Waals surface area contributed by atoms with Gasteiger partial charge in [0.05, 0.1) is 33.0 Å². The quantitative estimate of drug-likeness (QED) is 0.138. The number of Topliss-reactive ketones (excluding diaryl/α,β-unsaturated/α-hetero) is 1. The molecule has 13 heteroatoms. The monoisotopic (exact) mass is 639 g/mol. The molecule has 3 aromatic heterocycles. The first-order chi connectivity index (χ1) is 21.5. The van der Waals surface area contributed by atoms with E-state index in [4.69, 9.17) is 9.84 Å². The molecule has 5 rings (SSSR count). The third kappa shape index (κ3) is 7.87. The maximum Gasteiger partial charge on any atom is 0.255 e. The van der Waals surface area contributed by atoms with Crippen LogP contribution in [0, 0.1) is 11.7 Å². The Labute approximate surface area is 262 Å². The van der Waals surface area contributed by atoms with Gasteiger partial charge in [-0.2, -0.15) is 0 Å². The smallest absolute Gasteiger partial charge is 0.255 e. The van der Waals surface area contributed by atoms with Crippen molar-refractivity contribution in [2.75, 3.05) is 20.2 Å². The van der Waals surface area contributed by atoms with Gasteiger partial charge >= 0.3 is 0 Å². The van der Waals surface area contributed by atoms with Crippen LogP contribution in [0.15, 0.2) is 54.9 Å². The van der Waals surface area contributed by atoms with Crippen LogP contribution in [0.4, 0.5) is 4.39 Å². The van der Waals surface area contributed by atoms with Gasteiger partial charge in [0.2, 0.25) is 0 Å². The molecule has 0 unspecified atom stereocenters. The molecule has 0 aliphatic heterocycles. The van der Waals surface area contributed by atoms with Crippen molar-refractivity contribution in [2.45, 2.75) is 50.1 Å². The van der Waals surface area contributed by atoms with Crippen LogP contribution in [0.2, 0.25) is 0 Å². The molecular formula is C32H34FN3O8S.